The molecule has 1 N–H and O–H groups in total. The van der Waals surface area contributed by atoms with Crippen molar-refractivity contribution >= 4 is 0 Å². The fourth-order valence-electron chi connectivity index (χ4n) is 1.78. The van der Waals surface area contributed by atoms with E-state index >= 15 is 0 Å². The summed E-state index contributed by atoms with van der Waals surface area (Å²) in [5, 5.41) is 7.25. The molecule has 3 nitrogen and oxygen atoms in total. The highest BCUT2D eigenvalue weighted by molar-refractivity contribution is 5.21. The van der Waals surface area contributed by atoms with E-state index < -0.39 is 11.6 Å². The monoisotopic (exact) mass is 251 g/mol. The van der Waals surface area contributed by atoms with Crippen LogP contribution >= 0.6 is 0 Å². The minimum Gasteiger partial charge on any atom is -0.305 e. The van der Waals surface area contributed by atoms with E-state index in [0.717, 1.165) is 11.8 Å². The van der Waals surface area contributed by atoms with Crippen molar-refractivity contribution in [2.24, 2.45) is 7.05 Å². The van der Waals surface area contributed by atoms with Crippen molar-refractivity contribution in [1.82, 2.24) is 15.1 Å². The Morgan fingerprint density at radius 3 is 2.50 bits per heavy atom. The maximum absolute atomic E-state index is 13.1. The lowest BCUT2D eigenvalue weighted by molar-refractivity contribution is 0.531. The first kappa shape index (κ1) is 12.7. The van der Waals surface area contributed by atoms with Crippen molar-refractivity contribution < 1.29 is 8.78 Å². The van der Waals surface area contributed by atoms with Crippen LogP contribution in [0.3, 0.4) is 0 Å². The molecule has 1 heterocycles. The third-order valence-corrected chi connectivity index (χ3v) is 2.90. The lowest BCUT2D eigenvalue weighted by Crippen LogP contribution is -2.20. The quantitative estimate of drug-likeness (QED) is 0.905. The number of aryl methyl sites for hydroxylation is 1. The number of halogens is 2. The highest BCUT2D eigenvalue weighted by Crippen LogP contribution is 2.16. The van der Waals surface area contributed by atoms with Crippen LogP contribution in [-0.2, 0) is 13.6 Å². The minimum atomic E-state index is -0.556. The van der Waals surface area contributed by atoms with E-state index in [1.807, 2.05) is 20.0 Å². The average Bonchev–Trinajstić information content (AvgIpc) is 2.70. The van der Waals surface area contributed by atoms with Gasteiger partial charge in [0, 0.05) is 31.9 Å². The Bertz CT molecular complexity index is 517. The summed E-state index contributed by atoms with van der Waals surface area (Å²) in [5.41, 5.74) is 1.60. The molecule has 5 heteroatoms. The maximum atomic E-state index is 13.1. The second kappa shape index (κ2) is 5.27. The Kier molecular flexibility index (Phi) is 3.72. The van der Waals surface area contributed by atoms with E-state index in [1.54, 1.807) is 10.9 Å². The van der Waals surface area contributed by atoms with Crippen molar-refractivity contribution in [1.29, 1.82) is 0 Å². The molecule has 0 aliphatic rings. The van der Waals surface area contributed by atoms with Crippen LogP contribution in [0.5, 0.6) is 0 Å². The molecule has 0 saturated heterocycles. The molecule has 1 unspecified atom stereocenters. The summed E-state index contributed by atoms with van der Waals surface area (Å²) in [4.78, 5) is 0. The van der Waals surface area contributed by atoms with Gasteiger partial charge in [-0.2, -0.15) is 5.10 Å². The molecule has 1 aromatic carbocycles. The molecule has 1 aromatic heterocycles. The predicted octanol–water partition coefficient (Wildman–Crippen LogP) is 2.55. The van der Waals surface area contributed by atoms with Crippen LogP contribution in [-0.4, -0.2) is 9.78 Å². The Morgan fingerprint density at radius 2 is 1.94 bits per heavy atom. The number of nitrogens with one attached hydrogen (secondary N) is 1. The lowest BCUT2D eigenvalue weighted by Gasteiger charge is -2.14. The summed E-state index contributed by atoms with van der Waals surface area (Å²) in [6.45, 7) is 2.46. The standard InChI is InChI=1S/C13H15F2N3/c1-9(10-5-11(14)7-12(15)6-10)16-8-13-3-4-17-18(13)2/h3-7,9,16H,8H2,1-2H3. The van der Waals surface area contributed by atoms with Crippen molar-refractivity contribution in [3.05, 3.63) is 53.4 Å². The molecular weight excluding hydrogens is 236 g/mol. The van der Waals surface area contributed by atoms with Gasteiger partial charge < -0.3 is 5.32 Å². The summed E-state index contributed by atoms with van der Waals surface area (Å²) in [7, 11) is 1.85. The smallest absolute Gasteiger partial charge is 0.126 e. The Balaban J connectivity index is 2.03. The third kappa shape index (κ3) is 2.92. The van der Waals surface area contributed by atoms with Gasteiger partial charge in [0.2, 0.25) is 0 Å². The largest absolute Gasteiger partial charge is 0.305 e. The molecule has 0 fully saturated rings. The molecule has 96 valence electrons. The van der Waals surface area contributed by atoms with E-state index in [1.165, 1.54) is 12.1 Å². The zero-order valence-corrected chi connectivity index (χ0v) is 10.3. The molecule has 0 aliphatic carbocycles. The van der Waals surface area contributed by atoms with Crippen LogP contribution in [0.4, 0.5) is 8.78 Å². The van der Waals surface area contributed by atoms with E-state index in [4.69, 9.17) is 0 Å². The van der Waals surface area contributed by atoms with Crippen molar-refractivity contribution in [3.63, 3.8) is 0 Å². The maximum Gasteiger partial charge on any atom is 0.126 e. The highest BCUT2D eigenvalue weighted by Gasteiger charge is 2.09. The van der Waals surface area contributed by atoms with E-state index in [9.17, 15) is 8.78 Å². The molecule has 1 atom stereocenters. The Morgan fingerprint density at radius 1 is 1.28 bits per heavy atom. The number of hydrogen-bond donors (Lipinski definition) is 1. The van der Waals surface area contributed by atoms with Crippen LogP contribution < -0.4 is 5.32 Å². The molecule has 0 amide bonds. The van der Waals surface area contributed by atoms with Crippen LogP contribution in [0.25, 0.3) is 0 Å². The average molecular weight is 251 g/mol. The van der Waals surface area contributed by atoms with Crippen LogP contribution in [0.15, 0.2) is 30.5 Å². The summed E-state index contributed by atoms with van der Waals surface area (Å²) >= 11 is 0. The van der Waals surface area contributed by atoms with Crippen molar-refractivity contribution in [3.8, 4) is 0 Å². The van der Waals surface area contributed by atoms with Gasteiger partial charge in [0.25, 0.3) is 0 Å². The summed E-state index contributed by atoms with van der Waals surface area (Å²) in [5.74, 6) is -1.11. The molecule has 0 aliphatic heterocycles. The highest BCUT2D eigenvalue weighted by atomic mass is 19.1. The van der Waals surface area contributed by atoms with Gasteiger partial charge in [-0.15, -0.1) is 0 Å². The first-order chi connectivity index (χ1) is 8.56. The summed E-state index contributed by atoms with van der Waals surface area (Å²) in [6.07, 6.45) is 1.71. The number of aromatic nitrogens is 2. The van der Waals surface area contributed by atoms with E-state index in [2.05, 4.69) is 10.4 Å². The van der Waals surface area contributed by atoms with Gasteiger partial charge in [0.1, 0.15) is 11.6 Å². The molecule has 0 spiro atoms. The summed E-state index contributed by atoms with van der Waals surface area (Å²) < 4.78 is 27.9. The molecular formula is C13H15F2N3. The number of benzene rings is 1. The third-order valence-electron chi connectivity index (χ3n) is 2.90. The van der Waals surface area contributed by atoms with Crippen LogP contribution in [0.1, 0.15) is 24.2 Å². The number of rotatable bonds is 4. The zero-order valence-electron chi connectivity index (χ0n) is 10.3. The molecule has 0 radical (unpaired) electrons. The van der Waals surface area contributed by atoms with Gasteiger partial charge in [-0.25, -0.2) is 8.78 Å². The van der Waals surface area contributed by atoms with Crippen molar-refractivity contribution in [2.75, 3.05) is 0 Å². The first-order valence-electron chi connectivity index (χ1n) is 5.72. The number of hydrogen-bond acceptors (Lipinski definition) is 2. The summed E-state index contributed by atoms with van der Waals surface area (Å²) in [6, 6.07) is 5.31. The first-order valence-corrected chi connectivity index (χ1v) is 5.72. The van der Waals surface area contributed by atoms with Gasteiger partial charge in [0.15, 0.2) is 0 Å². The van der Waals surface area contributed by atoms with Gasteiger partial charge >= 0.3 is 0 Å². The SMILES string of the molecule is CC(NCc1ccnn1C)c1cc(F)cc(F)c1. The van der Waals surface area contributed by atoms with Gasteiger partial charge in [-0.3, -0.25) is 4.68 Å². The molecule has 2 aromatic rings. The van der Waals surface area contributed by atoms with Gasteiger partial charge in [0.05, 0.1) is 5.69 Å². The van der Waals surface area contributed by atoms with Crippen molar-refractivity contribution in [2.45, 2.75) is 19.5 Å². The molecule has 18 heavy (non-hydrogen) atoms. The van der Waals surface area contributed by atoms with Gasteiger partial charge in [-0.1, -0.05) is 0 Å². The van der Waals surface area contributed by atoms with Crippen LogP contribution in [0.2, 0.25) is 0 Å². The second-order valence-corrected chi connectivity index (χ2v) is 4.25. The molecule has 0 saturated carbocycles. The van der Waals surface area contributed by atoms with Crippen LogP contribution in [0, 0.1) is 11.6 Å². The fourth-order valence-corrected chi connectivity index (χ4v) is 1.78. The van der Waals surface area contributed by atoms with E-state index in [-0.39, 0.29) is 6.04 Å². The molecule has 0 bridgehead atoms. The topological polar surface area (TPSA) is 29.9 Å². The van der Waals surface area contributed by atoms with Gasteiger partial charge in [-0.05, 0) is 30.7 Å². The number of nitrogens with zero attached hydrogens (tertiary/aromatic N) is 2. The Labute approximate surface area is 104 Å². The Hall–Kier alpha value is -1.75. The lowest BCUT2D eigenvalue weighted by atomic mass is 10.1. The normalized spacial score (nSPS) is 12.7. The second-order valence-electron chi connectivity index (χ2n) is 4.25. The molecule has 2 rings (SSSR count). The minimum absolute atomic E-state index is 0.134. The van der Waals surface area contributed by atoms with E-state index in [0.29, 0.717) is 12.1 Å². The zero-order chi connectivity index (χ0) is 13.1. The predicted molar refractivity (Wildman–Crippen MR) is 64.8 cm³/mol. The fraction of sp³-hybridized carbons (Fsp3) is 0.308.